The Morgan fingerprint density at radius 3 is 1.67 bits per heavy atom. The number of fused-ring (bicyclic) bond motifs is 9. The third-order valence-electron chi connectivity index (χ3n) is 12.1. The summed E-state index contributed by atoms with van der Waals surface area (Å²) >= 11 is 0. The number of nitrogens with zero attached hydrogens (tertiary/aromatic N) is 3. The standard InChI is InChI=1S/C53H35N3OSi/c1-3-16-38(17-4-1)58(39-18-5-2-6-19-39,41-20-13-15-37(33-41)56-49-26-11-7-21-42(49)45-24-14-32-54-53(45)56)40-30-28-36(29-31-40)55-48-25-10-8-22-43(48)46-34-47-44-23-9-12-27-51(44)57-52(47)35-50(46)55/h1-35H. The molecule has 0 atom stereocenters. The lowest BCUT2D eigenvalue weighted by atomic mass is 10.1. The highest BCUT2D eigenvalue weighted by molar-refractivity contribution is 7.19. The fourth-order valence-corrected chi connectivity index (χ4v) is 14.4. The van der Waals surface area contributed by atoms with Crippen LogP contribution in [0.5, 0.6) is 0 Å². The number of hydrogen-bond donors (Lipinski definition) is 0. The molecule has 0 N–H and O–H groups in total. The van der Waals surface area contributed by atoms with E-state index in [1.165, 1.54) is 42.4 Å². The summed E-state index contributed by atoms with van der Waals surface area (Å²) in [6, 6.07) is 75.3. The van der Waals surface area contributed by atoms with E-state index in [2.05, 4.69) is 203 Å². The molecule has 0 aliphatic rings. The van der Waals surface area contributed by atoms with E-state index >= 15 is 0 Å². The largest absolute Gasteiger partial charge is 0.456 e. The maximum Gasteiger partial charge on any atom is 0.179 e. The van der Waals surface area contributed by atoms with Gasteiger partial charge >= 0.3 is 0 Å². The van der Waals surface area contributed by atoms with Crippen molar-refractivity contribution in [3.8, 4) is 11.4 Å². The number of furan rings is 1. The molecule has 272 valence electrons. The maximum atomic E-state index is 6.43. The molecule has 0 radical (unpaired) electrons. The molecule has 5 heteroatoms. The van der Waals surface area contributed by atoms with Gasteiger partial charge in [0.25, 0.3) is 0 Å². The van der Waals surface area contributed by atoms with E-state index in [1.54, 1.807) is 0 Å². The molecule has 0 saturated heterocycles. The smallest absolute Gasteiger partial charge is 0.179 e. The summed E-state index contributed by atoms with van der Waals surface area (Å²) < 4.78 is 11.1. The Morgan fingerprint density at radius 2 is 0.931 bits per heavy atom. The third kappa shape index (κ3) is 4.71. The molecular weight excluding hydrogens is 723 g/mol. The van der Waals surface area contributed by atoms with Gasteiger partial charge in [-0.15, -0.1) is 0 Å². The van der Waals surface area contributed by atoms with Gasteiger partial charge in [-0.1, -0.05) is 140 Å². The number of benzene rings is 8. The first-order chi connectivity index (χ1) is 28.8. The molecule has 0 unspecified atom stereocenters. The maximum absolute atomic E-state index is 6.43. The Hall–Kier alpha value is -7.47. The molecule has 12 rings (SSSR count). The van der Waals surface area contributed by atoms with Crippen LogP contribution in [0.4, 0.5) is 0 Å². The molecule has 0 aliphatic carbocycles. The highest BCUT2D eigenvalue weighted by atomic mass is 28.3. The average molecular weight is 758 g/mol. The number of aromatic nitrogens is 3. The number of hydrogen-bond acceptors (Lipinski definition) is 2. The molecule has 0 saturated carbocycles. The van der Waals surface area contributed by atoms with E-state index in [-0.39, 0.29) is 0 Å². The van der Waals surface area contributed by atoms with Gasteiger partial charge in [0.1, 0.15) is 16.8 Å². The second-order valence-corrected chi connectivity index (χ2v) is 18.9. The molecule has 4 aromatic heterocycles. The zero-order chi connectivity index (χ0) is 38.2. The Bertz CT molecular complexity index is 3420. The Morgan fingerprint density at radius 1 is 0.345 bits per heavy atom. The molecule has 58 heavy (non-hydrogen) atoms. The minimum atomic E-state index is -2.91. The van der Waals surface area contributed by atoms with E-state index in [0.29, 0.717) is 0 Å². The molecule has 8 aromatic carbocycles. The quantitative estimate of drug-likeness (QED) is 0.125. The molecular formula is C53H35N3OSi. The lowest BCUT2D eigenvalue weighted by molar-refractivity contribution is 0.669. The van der Waals surface area contributed by atoms with E-state index in [9.17, 15) is 0 Å². The lowest BCUT2D eigenvalue weighted by Crippen LogP contribution is -2.74. The first kappa shape index (κ1) is 32.7. The van der Waals surface area contributed by atoms with Crippen molar-refractivity contribution in [2.24, 2.45) is 0 Å². The SMILES string of the molecule is c1ccc([Si](c2ccccc2)(c2ccc(-n3c4ccccc4c4cc5c(cc43)oc3ccccc35)cc2)c2cccc(-n3c4ccccc4c4cccnc43)c2)cc1. The van der Waals surface area contributed by atoms with Gasteiger partial charge in [0.2, 0.25) is 0 Å². The highest BCUT2D eigenvalue weighted by Crippen LogP contribution is 2.38. The van der Waals surface area contributed by atoms with Gasteiger partial charge in [0, 0.05) is 56.0 Å². The number of rotatable bonds is 6. The molecule has 0 spiro atoms. The molecule has 4 heterocycles. The second-order valence-electron chi connectivity index (χ2n) is 15.1. The van der Waals surface area contributed by atoms with Gasteiger partial charge in [0.05, 0.1) is 16.6 Å². The van der Waals surface area contributed by atoms with Crippen LogP contribution in [0, 0.1) is 0 Å². The van der Waals surface area contributed by atoms with Crippen LogP contribution in [-0.4, -0.2) is 22.2 Å². The van der Waals surface area contributed by atoms with Crippen molar-refractivity contribution in [2.75, 3.05) is 0 Å². The van der Waals surface area contributed by atoms with Crippen LogP contribution in [0.25, 0.3) is 77.1 Å². The predicted molar refractivity (Wildman–Crippen MR) is 244 cm³/mol. The summed E-state index contributed by atoms with van der Waals surface area (Å²) in [6.45, 7) is 0. The summed E-state index contributed by atoms with van der Waals surface area (Å²) in [7, 11) is -2.91. The number of pyridine rings is 1. The number of para-hydroxylation sites is 3. The van der Waals surface area contributed by atoms with Crippen molar-refractivity contribution < 1.29 is 4.42 Å². The summed E-state index contributed by atoms with van der Waals surface area (Å²) in [5, 5.41) is 12.4. The predicted octanol–water partition coefficient (Wildman–Crippen LogP) is 10.6. The Kier molecular flexibility index (Phi) is 7.21. The van der Waals surface area contributed by atoms with Crippen LogP contribution in [0.15, 0.2) is 217 Å². The Balaban J connectivity index is 1.10. The molecule has 0 fully saturated rings. The van der Waals surface area contributed by atoms with Gasteiger partial charge in [-0.2, -0.15) is 0 Å². The van der Waals surface area contributed by atoms with Gasteiger partial charge in [-0.3, -0.25) is 4.57 Å². The van der Waals surface area contributed by atoms with Gasteiger partial charge < -0.3 is 8.98 Å². The van der Waals surface area contributed by atoms with Crippen molar-refractivity contribution in [1.82, 2.24) is 14.1 Å². The van der Waals surface area contributed by atoms with Crippen molar-refractivity contribution in [1.29, 1.82) is 0 Å². The van der Waals surface area contributed by atoms with Gasteiger partial charge in [-0.05, 0) is 81.4 Å². The van der Waals surface area contributed by atoms with Gasteiger partial charge in [-0.25, -0.2) is 4.98 Å². The van der Waals surface area contributed by atoms with Gasteiger partial charge in [0.15, 0.2) is 8.07 Å². The van der Waals surface area contributed by atoms with Crippen molar-refractivity contribution in [2.45, 2.75) is 0 Å². The topological polar surface area (TPSA) is 35.9 Å². The van der Waals surface area contributed by atoms with E-state index in [0.717, 1.165) is 55.4 Å². The summed E-state index contributed by atoms with van der Waals surface area (Å²) in [6.07, 6.45) is 1.90. The molecule has 0 amide bonds. The third-order valence-corrected chi connectivity index (χ3v) is 16.9. The van der Waals surface area contributed by atoms with E-state index in [1.807, 2.05) is 18.3 Å². The molecule has 4 nitrogen and oxygen atoms in total. The van der Waals surface area contributed by atoms with Crippen LogP contribution < -0.4 is 20.7 Å². The fraction of sp³-hybridized carbons (Fsp3) is 0. The lowest BCUT2D eigenvalue weighted by Gasteiger charge is -2.35. The van der Waals surface area contributed by atoms with Crippen molar-refractivity contribution >= 4 is 94.5 Å². The zero-order valence-electron chi connectivity index (χ0n) is 31.5. The van der Waals surface area contributed by atoms with E-state index < -0.39 is 8.07 Å². The zero-order valence-corrected chi connectivity index (χ0v) is 32.5. The fourth-order valence-electron chi connectivity index (χ4n) is 9.64. The Labute approximate surface area is 335 Å². The second kappa shape index (κ2) is 12.8. The minimum Gasteiger partial charge on any atom is -0.456 e. The minimum absolute atomic E-state index is 0.896. The normalized spacial score (nSPS) is 12.1. The van der Waals surface area contributed by atoms with Crippen molar-refractivity contribution in [3.63, 3.8) is 0 Å². The summed E-state index contributed by atoms with van der Waals surface area (Å²) in [5.41, 5.74) is 8.43. The van der Waals surface area contributed by atoms with Crippen LogP contribution in [0.3, 0.4) is 0 Å². The van der Waals surface area contributed by atoms with Crippen LogP contribution in [0.1, 0.15) is 0 Å². The first-order valence-corrected chi connectivity index (χ1v) is 21.8. The monoisotopic (exact) mass is 757 g/mol. The van der Waals surface area contributed by atoms with Crippen LogP contribution in [-0.2, 0) is 0 Å². The molecule has 12 aromatic rings. The average Bonchev–Trinajstić information content (AvgIpc) is 3.94. The van der Waals surface area contributed by atoms with E-state index in [4.69, 9.17) is 9.40 Å². The van der Waals surface area contributed by atoms with Crippen molar-refractivity contribution in [3.05, 3.63) is 212 Å². The van der Waals surface area contributed by atoms with Crippen LogP contribution >= 0.6 is 0 Å². The molecule has 0 bridgehead atoms. The summed E-state index contributed by atoms with van der Waals surface area (Å²) in [5.74, 6) is 0. The molecule has 0 aliphatic heterocycles. The van der Waals surface area contributed by atoms with Crippen LogP contribution in [0.2, 0.25) is 0 Å². The first-order valence-electron chi connectivity index (χ1n) is 19.8. The highest BCUT2D eigenvalue weighted by Gasteiger charge is 2.41. The summed E-state index contributed by atoms with van der Waals surface area (Å²) in [4.78, 5) is 4.93.